The normalized spacial score (nSPS) is 17.2. The van der Waals surface area contributed by atoms with Crippen molar-refractivity contribution in [2.24, 2.45) is 0 Å². The molecule has 130 valence electrons. The number of aromatic nitrogens is 3. The van der Waals surface area contributed by atoms with E-state index in [0.717, 1.165) is 43.0 Å². The molecule has 1 aliphatic rings. The number of nitriles is 1. The molecule has 0 bridgehead atoms. The molecule has 0 radical (unpaired) electrons. The maximum absolute atomic E-state index is 11.7. The molecule has 7 nitrogen and oxygen atoms in total. The highest BCUT2D eigenvalue weighted by Crippen LogP contribution is 2.29. The average Bonchev–Trinajstić information content (AvgIpc) is 3.11. The van der Waals surface area contributed by atoms with E-state index in [1.165, 1.54) is 0 Å². The van der Waals surface area contributed by atoms with E-state index in [4.69, 9.17) is 0 Å². The molecule has 1 N–H and O–H groups in total. The molecule has 0 saturated carbocycles. The first-order valence-electron chi connectivity index (χ1n) is 8.44. The van der Waals surface area contributed by atoms with E-state index in [0.29, 0.717) is 11.3 Å². The largest absolute Gasteiger partial charge is 0.368 e. The van der Waals surface area contributed by atoms with Gasteiger partial charge in [-0.25, -0.2) is 0 Å². The number of anilines is 1. The minimum absolute atomic E-state index is 0.174. The van der Waals surface area contributed by atoms with E-state index in [2.05, 4.69) is 26.4 Å². The zero-order valence-electron chi connectivity index (χ0n) is 14.8. The Morgan fingerprint density at radius 2 is 2.24 bits per heavy atom. The van der Waals surface area contributed by atoms with Crippen LogP contribution in [0.3, 0.4) is 0 Å². The zero-order chi connectivity index (χ0) is 18.0. The number of pyridine rings is 1. The molecule has 25 heavy (non-hydrogen) atoms. The van der Waals surface area contributed by atoms with Crippen LogP contribution >= 0.6 is 0 Å². The molecule has 1 unspecified atom stereocenters. The SMILES string of the molecule is CNC(=O)c1ccn(C2CCCN(c3cc(C)nc(C)c3C#N)C2)n1. The fourth-order valence-electron chi connectivity index (χ4n) is 3.38. The van der Waals surface area contributed by atoms with Gasteiger partial charge in [0.15, 0.2) is 0 Å². The number of piperidine rings is 1. The van der Waals surface area contributed by atoms with E-state index in [9.17, 15) is 10.1 Å². The van der Waals surface area contributed by atoms with Gasteiger partial charge in [-0.05, 0) is 38.8 Å². The van der Waals surface area contributed by atoms with Crippen LogP contribution in [0, 0.1) is 25.2 Å². The second kappa shape index (κ2) is 6.93. The number of aryl methyl sites for hydroxylation is 2. The molecule has 3 rings (SSSR count). The summed E-state index contributed by atoms with van der Waals surface area (Å²) < 4.78 is 1.86. The summed E-state index contributed by atoms with van der Waals surface area (Å²) in [5.74, 6) is -0.182. The molecule has 1 saturated heterocycles. The number of hydrogen-bond donors (Lipinski definition) is 1. The monoisotopic (exact) mass is 338 g/mol. The summed E-state index contributed by atoms with van der Waals surface area (Å²) in [6.45, 7) is 5.48. The van der Waals surface area contributed by atoms with Crippen LogP contribution in [-0.2, 0) is 0 Å². The van der Waals surface area contributed by atoms with Gasteiger partial charge in [0.2, 0.25) is 0 Å². The maximum atomic E-state index is 11.7. The molecule has 2 aromatic rings. The molecule has 7 heteroatoms. The van der Waals surface area contributed by atoms with Gasteiger partial charge in [0.1, 0.15) is 11.8 Å². The third kappa shape index (κ3) is 3.33. The first-order chi connectivity index (χ1) is 12.0. The van der Waals surface area contributed by atoms with Gasteiger partial charge < -0.3 is 10.2 Å². The van der Waals surface area contributed by atoms with E-state index >= 15 is 0 Å². The summed E-state index contributed by atoms with van der Waals surface area (Å²) in [7, 11) is 1.60. The van der Waals surface area contributed by atoms with Crippen LogP contribution in [0.2, 0.25) is 0 Å². The van der Waals surface area contributed by atoms with Crippen LogP contribution in [-0.4, -0.2) is 40.8 Å². The number of carbonyl (C=O) groups excluding carboxylic acids is 1. The van der Waals surface area contributed by atoms with Crippen molar-refractivity contribution in [3.05, 3.63) is 41.0 Å². The molecule has 0 spiro atoms. The fraction of sp³-hybridized carbons (Fsp3) is 0.444. The Morgan fingerprint density at radius 1 is 1.44 bits per heavy atom. The molecule has 1 amide bonds. The minimum atomic E-state index is -0.182. The van der Waals surface area contributed by atoms with Crippen LogP contribution in [0.1, 0.15) is 46.3 Å². The van der Waals surface area contributed by atoms with Gasteiger partial charge in [-0.15, -0.1) is 0 Å². The number of nitrogens with zero attached hydrogens (tertiary/aromatic N) is 5. The van der Waals surface area contributed by atoms with Gasteiger partial charge in [-0.3, -0.25) is 14.5 Å². The molecular formula is C18H22N6O. The highest BCUT2D eigenvalue weighted by Gasteiger charge is 2.25. The van der Waals surface area contributed by atoms with Crippen molar-refractivity contribution in [1.82, 2.24) is 20.1 Å². The Balaban J connectivity index is 1.86. The van der Waals surface area contributed by atoms with Gasteiger partial charge in [0.25, 0.3) is 5.91 Å². The Labute approximate surface area is 147 Å². The predicted molar refractivity (Wildman–Crippen MR) is 94.5 cm³/mol. The van der Waals surface area contributed by atoms with E-state index in [1.54, 1.807) is 13.1 Å². The number of nitrogens with one attached hydrogen (secondary N) is 1. The molecule has 1 atom stereocenters. The van der Waals surface area contributed by atoms with Crippen molar-refractivity contribution in [3.8, 4) is 6.07 Å². The first-order valence-corrected chi connectivity index (χ1v) is 8.44. The third-order valence-electron chi connectivity index (χ3n) is 4.60. The van der Waals surface area contributed by atoms with Crippen LogP contribution in [0.4, 0.5) is 5.69 Å². The van der Waals surface area contributed by atoms with Crippen molar-refractivity contribution < 1.29 is 4.79 Å². The second-order valence-electron chi connectivity index (χ2n) is 6.36. The summed E-state index contributed by atoms with van der Waals surface area (Å²) in [5.41, 5.74) is 3.68. The molecule has 2 aromatic heterocycles. The van der Waals surface area contributed by atoms with E-state index in [-0.39, 0.29) is 11.9 Å². The minimum Gasteiger partial charge on any atom is -0.368 e. The first kappa shape index (κ1) is 17.0. The lowest BCUT2D eigenvalue weighted by molar-refractivity contribution is 0.0957. The summed E-state index contributed by atoms with van der Waals surface area (Å²) >= 11 is 0. The van der Waals surface area contributed by atoms with Crippen molar-refractivity contribution in [2.75, 3.05) is 25.0 Å². The summed E-state index contributed by atoms with van der Waals surface area (Å²) in [6.07, 6.45) is 3.86. The quantitative estimate of drug-likeness (QED) is 0.924. The summed E-state index contributed by atoms with van der Waals surface area (Å²) in [5, 5.41) is 16.5. The standard InChI is InChI=1S/C18H22N6O/c1-12-9-17(15(10-19)13(2)21-12)23-7-4-5-14(11-23)24-8-6-16(22-24)18(25)20-3/h6,8-9,14H,4-5,7,11H2,1-3H3,(H,20,25). The topological polar surface area (TPSA) is 86.8 Å². The lowest BCUT2D eigenvalue weighted by Crippen LogP contribution is -2.37. The Bertz CT molecular complexity index is 835. The summed E-state index contributed by atoms with van der Waals surface area (Å²) in [4.78, 5) is 18.3. The maximum Gasteiger partial charge on any atom is 0.271 e. The Hall–Kier alpha value is -2.88. The number of amides is 1. The van der Waals surface area contributed by atoms with Crippen LogP contribution < -0.4 is 10.2 Å². The average molecular weight is 338 g/mol. The molecule has 0 aliphatic carbocycles. The molecular weight excluding hydrogens is 316 g/mol. The molecule has 1 aliphatic heterocycles. The predicted octanol–water partition coefficient (Wildman–Crippen LogP) is 1.97. The van der Waals surface area contributed by atoms with Crippen molar-refractivity contribution in [2.45, 2.75) is 32.7 Å². The third-order valence-corrected chi connectivity index (χ3v) is 4.60. The van der Waals surface area contributed by atoms with Crippen LogP contribution in [0.15, 0.2) is 18.3 Å². The van der Waals surface area contributed by atoms with Crippen molar-refractivity contribution in [3.63, 3.8) is 0 Å². The van der Waals surface area contributed by atoms with Crippen LogP contribution in [0.25, 0.3) is 0 Å². The number of carbonyl (C=O) groups is 1. The van der Waals surface area contributed by atoms with Crippen molar-refractivity contribution >= 4 is 11.6 Å². The smallest absolute Gasteiger partial charge is 0.271 e. The lowest BCUT2D eigenvalue weighted by atomic mass is 10.0. The number of rotatable bonds is 3. The second-order valence-corrected chi connectivity index (χ2v) is 6.36. The van der Waals surface area contributed by atoms with E-state index < -0.39 is 0 Å². The number of hydrogen-bond acceptors (Lipinski definition) is 5. The van der Waals surface area contributed by atoms with Gasteiger partial charge in [-0.1, -0.05) is 0 Å². The molecule has 3 heterocycles. The van der Waals surface area contributed by atoms with Crippen molar-refractivity contribution in [1.29, 1.82) is 5.26 Å². The lowest BCUT2D eigenvalue weighted by Gasteiger charge is -2.35. The van der Waals surface area contributed by atoms with Gasteiger partial charge in [0, 0.05) is 32.0 Å². The highest BCUT2D eigenvalue weighted by molar-refractivity contribution is 5.91. The zero-order valence-corrected chi connectivity index (χ0v) is 14.8. The Morgan fingerprint density at radius 3 is 2.96 bits per heavy atom. The van der Waals surface area contributed by atoms with E-state index in [1.807, 2.05) is 30.8 Å². The molecule has 1 fully saturated rings. The Kier molecular flexibility index (Phi) is 4.70. The van der Waals surface area contributed by atoms with Gasteiger partial charge in [0.05, 0.1) is 23.0 Å². The summed E-state index contributed by atoms with van der Waals surface area (Å²) in [6, 6.07) is 6.18. The highest BCUT2D eigenvalue weighted by atomic mass is 16.1. The van der Waals surface area contributed by atoms with Gasteiger partial charge >= 0.3 is 0 Å². The van der Waals surface area contributed by atoms with Gasteiger partial charge in [-0.2, -0.15) is 10.4 Å². The molecule has 0 aromatic carbocycles. The fourth-order valence-corrected chi connectivity index (χ4v) is 3.38. The van der Waals surface area contributed by atoms with Crippen LogP contribution in [0.5, 0.6) is 0 Å².